The first-order valence-electron chi connectivity index (χ1n) is 7.52. The molecule has 1 aromatic rings. The molecule has 1 fully saturated rings. The molecule has 2 heterocycles. The van der Waals surface area contributed by atoms with Gasteiger partial charge in [0.05, 0.1) is 13.2 Å². The van der Waals surface area contributed by atoms with Crippen LogP contribution in [0.5, 0.6) is 0 Å². The van der Waals surface area contributed by atoms with E-state index in [1.54, 1.807) is 6.20 Å². The molecular weight excluding hydrogens is 268 g/mol. The molecule has 1 aliphatic rings. The van der Waals surface area contributed by atoms with Crippen LogP contribution in [0.25, 0.3) is 0 Å². The lowest BCUT2D eigenvalue weighted by Crippen LogP contribution is -2.34. The number of aryl methyl sites for hydroxylation is 1. The van der Waals surface area contributed by atoms with Crippen LogP contribution in [0.4, 0.5) is 0 Å². The molecule has 5 heteroatoms. The van der Waals surface area contributed by atoms with Gasteiger partial charge in [-0.15, -0.1) is 0 Å². The van der Waals surface area contributed by atoms with Crippen molar-refractivity contribution < 1.29 is 14.3 Å². The highest BCUT2D eigenvalue weighted by Crippen LogP contribution is 2.26. The third kappa shape index (κ3) is 5.44. The zero-order valence-corrected chi connectivity index (χ0v) is 12.8. The van der Waals surface area contributed by atoms with E-state index in [4.69, 9.17) is 9.47 Å². The Bertz CT molecular complexity index is 444. The first-order chi connectivity index (χ1) is 10.1. The third-order valence-corrected chi connectivity index (χ3v) is 3.60. The van der Waals surface area contributed by atoms with Crippen molar-refractivity contribution in [3.05, 3.63) is 30.1 Å². The first kappa shape index (κ1) is 15.9. The van der Waals surface area contributed by atoms with Crippen molar-refractivity contribution in [1.29, 1.82) is 0 Å². The molecule has 2 rings (SSSR count). The number of hydrogen-bond donors (Lipinski definition) is 1. The predicted molar refractivity (Wildman–Crippen MR) is 79.7 cm³/mol. The van der Waals surface area contributed by atoms with Gasteiger partial charge in [-0.1, -0.05) is 13.0 Å². The van der Waals surface area contributed by atoms with E-state index in [0.29, 0.717) is 38.5 Å². The summed E-state index contributed by atoms with van der Waals surface area (Å²) in [7, 11) is 0. The van der Waals surface area contributed by atoms with E-state index in [2.05, 4.69) is 17.2 Å². The molecule has 0 spiro atoms. The standard InChI is InChI=1S/C16H24N2O3/c1-13(11-16(2)20-9-10-21-16)12-18-15(19)7-6-14-5-3-4-8-17-14/h3-5,8,13H,6-7,9-12H2,1-2H3,(H,18,19). The molecule has 0 saturated carbocycles. The Morgan fingerprint density at radius 1 is 1.43 bits per heavy atom. The van der Waals surface area contributed by atoms with Gasteiger partial charge in [0.2, 0.25) is 5.91 Å². The zero-order chi connectivity index (χ0) is 15.1. The van der Waals surface area contributed by atoms with Crippen LogP contribution in [0.1, 0.15) is 32.4 Å². The number of carbonyl (C=O) groups is 1. The average Bonchev–Trinajstić information content (AvgIpc) is 2.90. The van der Waals surface area contributed by atoms with Crippen molar-refractivity contribution in [3.63, 3.8) is 0 Å². The van der Waals surface area contributed by atoms with Gasteiger partial charge in [0.1, 0.15) is 0 Å². The van der Waals surface area contributed by atoms with E-state index >= 15 is 0 Å². The molecule has 0 bridgehead atoms. The Labute approximate surface area is 126 Å². The first-order valence-corrected chi connectivity index (χ1v) is 7.52. The maximum absolute atomic E-state index is 11.8. The summed E-state index contributed by atoms with van der Waals surface area (Å²) in [5.41, 5.74) is 0.945. The van der Waals surface area contributed by atoms with Crippen molar-refractivity contribution in [2.24, 2.45) is 5.92 Å². The highest BCUT2D eigenvalue weighted by atomic mass is 16.7. The maximum Gasteiger partial charge on any atom is 0.220 e. The summed E-state index contributed by atoms with van der Waals surface area (Å²) >= 11 is 0. The lowest BCUT2D eigenvalue weighted by atomic mass is 10.0. The molecular formula is C16H24N2O3. The summed E-state index contributed by atoms with van der Waals surface area (Å²) in [6.45, 7) is 6.00. The lowest BCUT2D eigenvalue weighted by Gasteiger charge is -2.26. The minimum atomic E-state index is -0.488. The topological polar surface area (TPSA) is 60.5 Å². The Hall–Kier alpha value is -1.46. The number of pyridine rings is 1. The van der Waals surface area contributed by atoms with Gasteiger partial charge in [0.25, 0.3) is 0 Å². The van der Waals surface area contributed by atoms with Crippen molar-refractivity contribution in [1.82, 2.24) is 10.3 Å². The summed E-state index contributed by atoms with van der Waals surface area (Å²) in [5, 5.41) is 2.97. The molecule has 1 N–H and O–H groups in total. The molecule has 1 aromatic heterocycles. The summed E-state index contributed by atoms with van der Waals surface area (Å²) in [4.78, 5) is 16.0. The summed E-state index contributed by atoms with van der Waals surface area (Å²) in [6.07, 6.45) is 3.67. The highest BCUT2D eigenvalue weighted by Gasteiger charge is 2.32. The van der Waals surface area contributed by atoms with Crippen LogP contribution in [0.15, 0.2) is 24.4 Å². The molecule has 21 heavy (non-hydrogen) atoms. The van der Waals surface area contributed by atoms with E-state index in [0.717, 1.165) is 12.1 Å². The van der Waals surface area contributed by atoms with E-state index in [1.165, 1.54) is 0 Å². The number of nitrogens with zero attached hydrogens (tertiary/aromatic N) is 1. The van der Waals surface area contributed by atoms with Gasteiger partial charge in [-0.05, 0) is 31.4 Å². The number of carbonyl (C=O) groups excluding carboxylic acids is 1. The van der Waals surface area contributed by atoms with E-state index in [1.807, 2.05) is 25.1 Å². The van der Waals surface area contributed by atoms with Gasteiger partial charge in [-0.25, -0.2) is 0 Å². The van der Waals surface area contributed by atoms with Crippen molar-refractivity contribution >= 4 is 5.91 Å². The molecule has 1 atom stereocenters. The van der Waals surface area contributed by atoms with Crippen molar-refractivity contribution in [2.75, 3.05) is 19.8 Å². The normalized spacial score (nSPS) is 18.4. The van der Waals surface area contributed by atoms with Crippen molar-refractivity contribution in [2.45, 2.75) is 38.9 Å². The number of nitrogens with one attached hydrogen (secondary N) is 1. The fraction of sp³-hybridized carbons (Fsp3) is 0.625. The highest BCUT2D eigenvalue weighted by molar-refractivity contribution is 5.76. The van der Waals surface area contributed by atoms with Crippen molar-refractivity contribution in [3.8, 4) is 0 Å². The maximum atomic E-state index is 11.8. The van der Waals surface area contributed by atoms with Crippen LogP contribution < -0.4 is 5.32 Å². The number of amides is 1. The SMILES string of the molecule is CC(CNC(=O)CCc1ccccn1)CC1(C)OCCO1. The molecule has 0 radical (unpaired) electrons. The van der Waals surface area contributed by atoms with Crippen LogP contribution in [-0.2, 0) is 20.7 Å². The zero-order valence-electron chi connectivity index (χ0n) is 12.8. The molecule has 1 aliphatic heterocycles. The van der Waals surface area contributed by atoms with Crippen LogP contribution >= 0.6 is 0 Å². The molecule has 0 aliphatic carbocycles. The van der Waals surface area contributed by atoms with Gasteiger partial charge < -0.3 is 14.8 Å². The van der Waals surface area contributed by atoms with Crippen LogP contribution in [0.2, 0.25) is 0 Å². The Morgan fingerprint density at radius 3 is 2.86 bits per heavy atom. The summed E-state index contributed by atoms with van der Waals surface area (Å²) in [5.74, 6) is -0.115. The smallest absolute Gasteiger partial charge is 0.220 e. The van der Waals surface area contributed by atoms with Crippen LogP contribution in [0, 0.1) is 5.92 Å². The summed E-state index contributed by atoms with van der Waals surface area (Å²) in [6, 6.07) is 5.75. The number of aromatic nitrogens is 1. The van der Waals surface area contributed by atoms with Gasteiger partial charge in [0, 0.05) is 31.3 Å². The number of ether oxygens (including phenoxy) is 2. The Kier molecular flexibility index (Phi) is 5.70. The quantitative estimate of drug-likeness (QED) is 0.834. The fourth-order valence-corrected chi connectivity index (χ4v) is 2.54. The van der Waals surface area contributed by atoms with Gasteiger partial charge in [-0.3, -0.25) is 9.78 Å². The fourth-order valence-electron chi connectivity index (χ4n) is 2.54. The van der Waals surface area contributed by atoms with E-state index in [9.17, 15) is 4.79 Å². The van der Waals surface area contributed by atoms with Gasteiger partial charge in [0.15, 0.2) is 5.79 Å². The second-order valence-electron chi connectivity index (χ2n) is 5.77. The second kappa shape index (κ2) is 7.52. The molecule has 5 nitrogen and oxygen atoms in total. The largest absolute Gasteiger partial charge is 0.356 e. The minimum absolute atomic E-state index is 0.0610. The lowest BCUT2D eigenvalue weighted by molar-refractivity contribution is -0.154. The molecule has 1 saturated heterocycles. The minimum Gasteiger partial charge on any atom is -0.356 e. The average molecular weight is 292 g/mol. The Balaban J connectivity index is 1.64. The predicted octanol–water partition coefficient (Wildman–Crippen LogP) is 1.92. The van der Waals surface area contributed by atoms with E-state index in [-0.39, 0.29) is 5.91 Å². The van der Waals surface area contributed by atoms with Gasteiger partial charge in [-0.2, -0.15) is 0 Å². The van der Waals surface area contributed by atoms with Gasteiger partial charge >= 0.3 is 0 Å². The number of rotatable bonds is 7. The molecule has 0 aromatic carbocycles. The molecule has 116 valence electrons. The Morgan fingerprint density at radius 2 is 2.19 bits per heavy atom. The molecule has 1 amide bonds. The van der Waals surface area contributed by atoms with Crippen LogP contribution in [0.3, 0.4) is 0 Å². The van der Waals surface area contributed by atoms with E-state index < -0.39 is 5.79 Å². The second-order valence-corrected chi connectivity index (χ2v) is 5.77. The van der Waals surface area contributed by atoms with Crippen LogP contribution in [-0.4, -0.2) is 36.4 Å². The molecule has 1 unspecified atom stereocenters. The monoisotopic (exact) mass is 292 g/mol. The summed E-state index contributed by atoms with van der Waals surface area (Å²) < 4.78 is 11.2. The third-order valence-electron chi connectivity index (χ3n) is 3.60. The number of hydrogen-bond acceptors (Lipinski definition) is 4.